The normalized spacial score (nSPS) is 11.8. The van der Waals surface area contributed by atoms with Crippen molar-refractivity contribution in [1.82, 2.24) is 15.0 Å². The summed E-state index contributed by atoms with van der Waals surface area (Å²) in [6.45, 7) is -0.437. The molecule has 1 aromatic heterocycles. The molecule has 1 heterocycles. The minimum absolute atomic E-state index is 0.218. The topological polar surface area (TPSA) is 71.2 Å². The van der Waals surface area contributed by atoms with Crippen molar-refractivity contribution >= 4 is 11.6 Å². The Bertz CT molecular complexity index is 552. The van der Waals surface area contributed by atoms with Crippen molar-refractivity contribution in [3.05, 3.63) is 46.7 Å². The Balaban J connectivity index is 2.40. The second-order valence-electron chi connectivity index (χ2n) is 4.64. The lowest BCUT2D eigenvalue weighted by Gasteiger charge is -2.30. The van der Waals surface area contributed by atoms with E-state index in [0.717, 1.165) is 0 Å². The molecule has 0 saturated heterocycles. The third kappa shape index (κ3) is 2.78. The highest BCUT2D eigenvalue weighted by Crippen LogP contribution is 2.32. The van der Waals surface area contributed by atoms with Crippen molar-refractivity contribution < 1.29 is 10.2 Å². The van der Waals surface area contributed by atoms with Crippen molar-refractivity contribution in [2.24, 2.45) is 7.05 Å². The minimum atomic E-state index is -0.853. The number of nitrogens with zero attached hydrogens (tertiary/aromatic N) is 3. The second kappa shape index (κ2) is 5.69. The molecule has 0 aliphatic carbocycles. The number of hydrogen-bond donors (Lipinski definition) is 2. The lowest BCUT2D eigenvalue weighted by molar-refractivity contribution is 0.115. The monoisotopic (exact) mass is 281 g/mol. The van der Waals surface area contributed by atoms with Crippen LogP contribution in [0.15, 0.2) is 30.5 Å². The Morgan fingerprint density at radius 2 is 1.95 bits per heavy atom. The predicted octanol–water partition coefficient (Wildman–Crippen LogP) is 0.934. The van der Waals surface area contributed by atoms with Crippen LogP contribution < -0.4 is 0 Å². The van der Waals surface area contributed by atoms with Crippen LogP contribution in [0.5, 0.6) is 0 Å². The summed E-state index contributed by atoms with van der Waals surface area (Å²) in [5.74, 6) is 0. The largest absolute Gasteiger partial charge is 0.395 e. The molecule has 0 spiro atoms. The van der Waals surface area contributed by atoms with Crippen LogP contribution in [0.4, 0.5) is 0 Å². The highest BCUT2D eigenvalue weighted by Gasteiger charge is 2.34. The fraction of sp³-hybridized carbons (Fsp3) is 0.385. The molecule has 0 saturated carbocycles. The summed E-state index contributed by atoms with van der Waals surface area (Å²) in [7, 11) is 1.77. The minimum Gasteiger partial charge on any atom is -0.395 e. The van der Waals surface area contributed by atoms with Gasteiger partial charge >= 0.3 is 0 Å². The zero-order valence-corrected chi connectivity index (χ0v) is 11.4. The molecule has 0 amide bonds. The molecule has 2 rings (SSSR count). The Labute approximate surface area is 116 Å². The number of aryl methyl sites for hydroxylation is 1. The van der Waals surface area contributed by atoms with Gasteiger partial charge in [0.15, 0.2) is 0 Å². The third-order valence-electron chi connectivity index (χ3n) is 3.22. The van der Waals surface area contributed by atoms with Gasteiger partial charge in [0.25, 0.3) is 0 Å². The molecule has 19 heavy (non-hydrogen) atoms. The van der Waals surface area contributed by atoms with E-state index >= 15 is 0 Å². The van der Waals surface area contributed by atoms with E-state index in [4.69, 9.17) is 11.6 Å². The first kappa shape index (κ1) is 14.0. The molecule has 0 unspecified atom stereocenters. The van der Waals surface area contributed by atoms with Crippen LogP contribution in [-0.4, -0.2) is 38.4 Å². The average Bonchev–Trinajstić information content (AvgIpc) is 2.82. The van der Waals surface area contributed by atoms with Crippen molar-refractivity contribution in [3.8, 4) is 0 Å². The molecule has 6 heteroatoms. The number of rotatable bonds is 5. The van der Waals surface area contributed by atoms with Gasteiger partial charge in [-0.15, -0.1) is 5.10 Å². The quantitative estimate of drug-likeness (QED) is 0.855. The highest BCUT2D eigenvalue weighted by molar-refractivity contribution is 6.31. The van der Waals surface area contributed by atoms with Crippen LogP contribution in [0.1, 0.15) is 11.3 Å². The van der Waals surface area contributed by atoms with E-state index in [1.54, 1.807) is 24.0 Å². The molecule has 2 N–H and O–H groups in total. The Morgan fingerprint density at radius 3 is 2.47 bits per heavy atom. The molecule has 5 nitrogen and oxygen atoms in total. The number of aliphatic hydroxyl groups is 2. The Kier molecular flexibility index (Phi) is 4.19. The van der Waals surface area contributed by atoms with Crippen LogP contribution in [0.2, 0.25) is 5.02 Å². The van der Waals surface area contributed by atoms with Gasteiger partial charge in [0.1, 0.15) is 0 Å². The van der Waals surface area contributed by atoms with E-state index in [-0.39, 0.29) is 13.2 Å². The van der Waals surface area contributed by atoms with E-state index in [1.807, 2.05) is 18.2 Å². The fourth-order valence-electron chi connectivity index (χ4n) is 2.14. The van der Waals surface area contributed by atoms with Gasteiger partial charge in [-0.3, -0.25) is 4.68 Å². The highest BCUT2D eigenvalue weighted by atomic mass is 35.5. The molecule has 2 aromatic rings. The number of hydrogen-bond acceptors (Lipinski definition) is 4. The van der Waals surface area contributed by atoms with E-state index < -0.39 is 5.41 Å². The number of aliphatic hydroxyl groups excluding tert-OH is 2. The maximum atomic E-state index is 9.75. The summed E-state index contributed by atoms with van der Waals surface area (Å²) in [6, 6.07) is 7.20. The van der Waals surface area contributed by atoms with Gasteiger partial charge in [-0.2, -0.15) is 0 Å². The molecular formula is C13H16ClN3O2. The first-order valence-electron chi connectivity index (χ1n) is 5.93. The molecular weight excluding hydrogens is 266 g/mol. The number of benzene rings is 1. The molecule has 0 fully saturated rings. The van der Waals surface area contributed by atoms with E-state index in [9.17, 15) is 10.2 Å². The fourth-order valence-corrected chi connectivity index (χ4v) is 2.48. The number of aromatic nitrogens is 3. The van der Waals surface area contributed by atoms with Gasteiger partial charge in [-0.1, -0.05) is 35.0 Å². The summed E-state index contributed by atoms with van der Waals surface area (Å²) in [5, 5.41) is 27.9. The molecule has 0 aliphatic heterocycles. The molecule has 0 aliphatic rings. The Morgan fingerprint density at radius 1 is 1.26 bits per heavy atom. The summed E-state index contributed by atoms with van der Waals surface area (Å²) < 4.78 is 1.58. The maximum Gasteiger partial charge on any atom is 0.0837 e. The van der Waals surface area contributed by atoms with Gasteiger partial charge < -0.3 is 10.2 Å². The van der Waals surface area contributed by atoms with E-state index in [1.165, 1.54) is 0 Å². The SMILES string of the molecule is Cn1cc(CC(CO)(CO)c2ccccc2Cl)nn1. The molecule has 102 valence electrons. The summed E-state index contributed by atoms with van der Waals surface area (Å²) in [5.41, 5.74) is 0.562. The summed E-state index contributed by atoms with van der Waals surface area (Å²) in [4.78, 5) is 0. The maximum absolute atomic E-state index is 9.75. The first-order valence-corrected chi connectivity index (χ1v) is 6.31. The number of halogens is 1. The average molecular weight is 282 g/mol. The zero-order chi connectivity index (χ0) is 13.9. The molecule has 0 bridgehead atoms. The van der Waals surface area contributed by atoms with Gasteiger partial charge in [0, 0.05) is 30.1 Å². The van der Waals surface area contributed by atoms with Gasteiger partial charge in [0.2, 0.25) is 0 Å². The molecule has 0 atom stereocenters. The van der Waals surface area contributed by atoms with Crippen molar-refractivity contribution in [2.45, 2.75) is 11.8 Å². The van der Waals surface area contributed by atoms with E-state index in [2.05, 4.69) is 10.3 Å². The van der Waals surface area contributed by atoms with Crippen molar-refractivity contribution in [2.75, 3.05) is 13.2 Å². The smallest absolute Gasteiger partial charge is 0.0837 e. The lowest BCUT2D eigenvalue weighted by Crippen LogP contribution is -2.37. The first-order chi connectivity index (χ1) is 9.11. The Hall–Kier alpha value is -1.43. The summed E-state index contributed by atoms with van der Waals surface area (Å²) >= 11 is 6.17. The van der Waals surface area contributed by atoms with Gasteiger partial charge in [0.05, 0.1) is 18.9 Å². The summed E-state index contributed by atoms with van der Waals surface area (Å²) in [6.07, 6.45) is 2.13. The van der Waals surface area contributed by atoms with Crippen LogP contribution in [0, 0.1) is 0 Å². The van der Waals surface area contributed by atoms with Crippen LogP contribution in [0.25, 0.3) is 0 Å². The van der Waals surface area contributed by atoms with Crippen LogP contribution in [0.3, 0.4) is 0 Å². The zero-order valence-electron chi connectivity index (χ0n) is 10.6. The predicted molar refractivity (Wildman–Crippen MR) is 72.0 cm³/mol. The van der Waals surface area contributed by atoms with Gasteiger partial charge in [-0.05, 0) is 11.6 Å². The standard InChI is InChI=1S/C13H16ClN3O2/c1-17-7-10(15-16-17)6-13(8-18,9-19)11-4-2-3-5-12(11)14/h2-5,7,18-19H,6,8-9H2,1H3. The van der Waals surface area contributed by atoms with Gasteiger partial charge in [-0.25, -0.2) is 0 Å². The second-order valence-corrected chi connectivity index (χ2v) is 5.04. The van der Waals surface area contributed by atoms with Crippen LogP contribution >= 0.6 is 11.6 Å². The van der Waals surface area contributed by atoms with Crippen molar-refractivity contribution in [1.29, 1.82) is 0 Å². The van der Waals surface area contributed by atoms with Crippen LogP contribution in [-0.2, 0) is 18.9 Å². The molecule has 1 aromatic carbocycles. The van der Waals surface area contributed by atoms with Crippen molar-refractivity contribution in [3.63, 3.8) is 0 Å². The lowest BCUT2D eigenvalue weighted by atomic mass is 9.78. The third-order valence-corrected chi connectivity index (χ3v) is 3.55. The van der Waals surface area contributed by atoms with E-state index in [0.29, 0.717) is 22.7 Å². The molecule has 0 radical (unpaired) electrons.